The summed E-state index contributed by atoms with van der Waals surface area (Å²) < 4.78 is 37.5. The molecule has 18 heavy (non-hydrogen) atoms. The summed E-state index contributed by atoms with van der Waals surface area (Å²) in [6.07, 6.45) is -3.51. The number of hydrogen-bond acceptors (Lipinski definition) is 1. The van der Waals surface area contributed by atoms with Gasteiger partial charge in [0.15, 0.2) is 0 Å². The van der Waals surface area contributed by atoms with Crippen LogP contribution in [0.25, 0.3) is 0 Å². The molecule has 0 aliphatic carbocycles. The first-order valence-corrected chi connectivity index (χ1v) is 6.38. The molecule has 5 heteroatoms. The molecule has 0 atom stereocenters. The number of rotatable bonds is 5. The van der Waals surface area contributed by atoms with Gasteiger partial charge in [-0.15, -0.1) is 11.6 Å². The summed E-state index contributed by atoms with van der Waals surface area (Å²) in [6, 6.07) is 5.25. The van der Waals surface area contributed by atoms with E-state index in [4.69, 9.17) is 11.6 Å². The van der Waals surface area contributed by atoms with E-state index in [9.17, 15) is 13.2 Å². The fourth-order valence-corrected chi connectivity index (χ4v) is 2.11. The van der Waals surface area contributed by atoms with Crippen molar-refractivity contribution < 1.29 is 13.2 Å². The third kappa shape index (κ3) is 4.41. The van der Waals surface area contributed by atoms with Gasteiger partial charge >= 0.3 is 6.18 Å². The van der Waals surface area contributed by atoms with Gasteiger partial charge in [0.25, 0.3) is 0 Å². The smallest absolute Gasteiger partial charge is 0.363 e. The first-order chi connectivity index (χ1) is 8.37. The minimum absolute atomic E-state index is 0.374. The Morgan fingerprint density at radius 3 is 2.39 bits per heavy atom. The molecule has 0 amide bonds. The van der Waals surface area contributed by atoms with Crippen molar-refractivity contribution in [1.29, 1.82) is 0 Å². The van der Waals surface area contributed by atoms with E-state index in [2.05, 4.69) is 0 Å². The van der Waals surface area contributed by atoms with Crippen molar-refractivity contribution in [2.24, 2.45) is 0 Å². The van der Waals surface area contributed by atoms with Gasteiger partial charge in [0.1, 0.15) is 6.54 Å². The van der Waals surface area contributed by atoms with Gasteiger partial charge in [-0.2, -0.15) is 13.2 Å². The van der Waals surface area contributed by atoms with Crippen LogP contribution in [0.15, 0.2) is 18.2 Å². The molecule has 0 radical (unpaired) electrons. The Bertz CT molecular complexity index is 390. The Hall–Kier alpha value is -0.900. The molecule has 0 aliphatic rings. The zero-order valence-corrected chi connectivity index (χ0v) is 11.3. The minimum Gasteiger partial charge on any atom is -0.363 e. The van der Waals surface area contributed by atoms with E-state index in [1.165, 1.54) is 4.90 Å². The van der Waals surface area contributed by atoms with Gasteiger partial charge < -0.3 is 4.90 Å². The van der Waals surface area contributed by atoms with Crippen LogP contribution in [0.1, 0.15) is 24.5 Å². The molecule has 1 rings (SSSR count). The lowest BCUT2D eigenvalue weighted by atomic mass is 10.1. The van der Waals surface area contributed by atoms with E-state index in [-0.39, 0.29) is 0 Å². The van der Waals surface area contributed by atoms with E-state index in [0.717, 1.165) is 11.1 Å². The van der Waals surface area contributed by atoms with Crippen molar-refractivity contribution >= 4 is 17.3 Å². The number of alkyl halides is 4. The summed E-state index contributed by atoms with van der Waals surface area (Å²) >= 11 is 5.74. The van der Waals surface area contributed by atoms with Crippen molar-refractivity contribution in [3.05, 3.63) is 29.3 Å². The Morgan fingerprint density at radius 1 is 1.28 bits per heavy atom. The first kappa shape index (κ1) is 15.2. The molecule has 0 saturated carbocycles. The van der Waals surface area contributed by atoms with E-state index >= 15 is 0 Å². The zero-order chi connectivity index (χ0) is 13.8. The van der Waals surface area contributed by atoms with Crippen LogP contribution in [0.3, 0.4) is 0 Å². The van der Waals surface area contributed by atoms with Crippen LogP contribution in [0.5, 0.6) is 0 Å². The van der Waals surface area contributed by atoms with Gasteiger partial charge in [-0.3, -0.25) is 0 Å². The number of aryl methyl sites for hydroxylation is 1. The van der Waals surface area contributed by atoms with E-state index in [1.807, 2.05) is 13.8 Å². The molecular formula is C13H17ClF3N. The second-order valence-corrected chi connectivity index (χ2v) is 4.55. The number of nitrogens with zero attached hydrogens (tertiary/aromatic N) is 1. The zero-order valence-electron chi connectivity index (χ0n) is 10.5. The molecule has 1 nitrogen and oxygen atoms in total. The Kier molecular flexibility index (Phi) is 5.32. The molecule has 0 unspecified atom stereocenters. The predicted molar refractivity (Wildman–Crippen MR) is 69.3 cm³/mol. The quantitative estimate of drug-likeness (QED) is 0.717. The highest BCUT2D eigenvalue weighted by molar-refractivity contribution is 6.17. The summed E-state index contributed by atoms with van der Waals surface area (Å²) in [5.74, 6) is 0.374. The summed E-state index contributed by atoms with van der Waals surface area (Å²) in [5, 5.41) is 0. The minimum atomic E-state index is -4.19. The Labute approximate surface area is 111 Å². The highest BCUT2D eigenvalue weighted by Gasteiger charge is 2.30. The fraction of sp³-hybridized carbons (Fsp3) is 0.538. The lowest BCUT2D eigenvalue weighted by Crippen LogP contribution is -2.34. The summed E-state index contributed by atoms with van der Waals surface area (Å²) in [6.45, 7) is 3.20. The summed E-state index contributed by atoms with van der Waals surface area (Å²) in [5.41, 5.74) is 2.47. The van der Waals surface area contributed by atoms with Gasteiger partial charge in [0.05, 0.1) is 0 Å². The monoisotopic (exact) mass is 279 g/mol. The maximum Gasteiger partial charge on any atom is 0.405 e. The average molecular weight is 280 g/mol. The summed E-state index contributed by atoms with van der Waals surface area (Å²) in [7, 11) is 0. The highest BCUT2D eigenvalue weighted by Crippen LogP contribution is 2.25. The molecule has 0 fully saturated rings. The topological polar surface area (TPSA) is 3.24 Å². The number of anilines is 1. The van der Waals surface area contributed by atoms with Crippen molar-refractivity contribution in [2.75, 3.05) is 18.0 Å². The number of benzene rings is 1. The second kappa shape index (κ2) is 6.32. The lowest BCUT2D eigenvalue weighted by molar-refractivity contribution is -0.119. The average Bonchev–Trinajstić information content (AvgIpc) is 2.26. The Balaban J connectivity index is 2.95. The molecule has 1 aromatic rings. The van der Waals surface area contributed by atoms with E-state index in [0.29, 0.717) is 24.5 Å². The van der Waals surface area contributed by atoms with Crippen molar-refractivity contribution in [3.63, 3.8) is 0 Å². The van der Waals surface area contributed by atoms with Gasteiger partial charge in [-0.05, 0) is 36.6 Å². The molecular weight excluding hydrogens is 263 g/mol. The summed E-state index contributed by atoms with van der Waals surface area (Å²) in [4.78, 5) is 1.35. The molecule has 1 aromatic carbocycles. The highest BCUT2D eigenvalue weighted by atomic mass is 35.5. The van der Waals surface area contributed by atoms with Crippen molar-refractivity contribution in [2.45, 2.75) is 32.3 Å². The van der Waals surface area contributed by atoms with Crippen LogP contribution < -0.4 is 4.90 Å². The normalized spacial score (nSPS) is 11.7. The van der Waals surface area contributed by atoms with Gasteiger partial charge in [-0.1, -0.05) is 13.0 Å². The van der Waals surface area contributed by atoms with Crippen LogP contribution in [-0.2, 0) is 5.88 Å². The first-order valence-electron chi connectivity index (χ1n) is 5.84. The molecule has 0 N–H and O–H groups in total. The van der Waals surface area contributed by atoms with Gasteiger partial charge in [0, 0.05) is 18.1 Å². The van der Waals surface area contributed by atoms with E-state index < -0.39 is 12.7 Å². The third-order valence-electron chi connectivity index (χ3n) is 2.70. The molecule has 0 aliphatic heterocycles. The van der Waals surface area contributed by atoms with Gasteiger partial charge in [-0.25, -0.2) is 0 Å². The molecule has 0 saturated heterocycles. The van der Waals surface area contributed by atoms with Crippen LogP contribution >= 0.6 is 11.6 Å². The SMILES string of the molecule is CCCN(CC(F)(F)F)c1ccc(CCl)c(C)c1. The van der Waals surface area contributed by atoms with Crippen LogP contribution in [0.2, 0.25) is 0 Å². The van der Waals surface area contributed by atoms with Crippen molar-refractivity contribution in [3.8, 4) is 0 Å². The maximum absolute atomic E-state index is 12.5. The molecule has 0 heterocycles. The molecule has 0 bridgehead atoms. The van der Waals surface area contributed by atoms with Crippen LogP contribution in [-0.4, -0.2) is 19.3 Å². The van der Waals surface area contributed by atoms with Gasteiger partial charge in [0.2, 0.25) is 0 Å². The second-order valence-electron chi connectivity index (χ2n) is 4.28. The van der Waals surface area contributed by atoms with Crippen molar-refractivity contribution in [1.82, 2.24) is 0 Å². The largest absolute Gasteiger partial charge is 0.405 e. The number of halogens is 4. The van der Waals surface area contributed by atoms with E-state index in [1.54, 1.807) is 18.2 Å². The Morgan fingerprint density at radius 2 is 1.94 bits per heavy atom. The standard InChI is InChI=1S/C13H17ClF3N/c1-3-6-18(9-13(15,16)17)12-5-4-11(8-14)10(2)7-12/h4-5,7H,3,6,8-9H2,1-2H3. The fourth-order valence-electron chi connectivity index (χ4n) is 1.81. The molecule has 0 spiro atoms. The van der Waals surface area contributed by atoms with Crippen LogP contribution in [0.4, 0.5) is 18.9 Å². The third-order valence-corrected chi connectivity index (χ3v) is 2.99. The number of hydrogen-bond donors (Lipinski definition) is 0. The lowest BCUT2D eigenvalue weighted by Gasteiger charge is -2.26. The molecule has 102 valence electrons. The predicted octanol–water partition coefficient (Wildman–Crippen LogP) is 4.51. The maximum atomic E-state index is 12.5. The molecule has 0 aromatic heterocycles. The van der Waals surface area contributed by atoms with Crippen LogP contribution in [0, 0.1) is 6.92 Å².